The van der Waals surface area contributed by atoms with Crippen molar-refractivity contribution in [2.24, 2.45) is 0 Å². The average Bonchev–Trinajstić information content (AvgIpc) is 2.36. The zero-order chi connectivity index (χ0) is 7.56. The summed E-state index contributed by atoms with van der Waals surface area (Å²) < 4.78 is 5.13. The maximum Gasteiger partial charge on any atom is 0.219 e. The van der Waals surface area contributed by atoms with E-state index in [-0.39, 0.29) is 5.91 Å². The van der Waals surface area contributed by atoms with E-state index in [1.165, 1.54) is 0 Å². The number of hydrogen-bond donors (Lipinski definition) is 0. The van der Waals surface area contributed by atoms with Crippen molar-refractivity contribution in [3.63, 3.8) is 0 Å². The molecule has 0 bridgehead atoms. The Balaban J connectivity index is 2.39. The fourth-order valence-corrected chi connectivity index (χ4v) is 1.08. The van der Waals surface area contributed by atoms with Crippen LogP contribution in [-0.2, 0) is 9.53 Å². The zero-order valence-corrected chi connectivity index (χ0v) is 6.46. The molecule has 0 N–H and O–H groups in total. The van der Waals surface area contributed by atoms with Gasteiger partial charge in [-0.25, -0.2) is 0 Å². The summed E-state index contributed by atoms with van der Waals surface area (Å²) in [6.45, 7) is 3.08. The minimum absolute atomic E-state index is 0.121. The van der Waals surface area contributed by atoms with Crippen molar-refractivity contribution in [3.05, 3.63) is 0 Å². The number of likely N-dealkylation sites (N-methyl/N-ethyl adjacent to an activating group) is 1. The summed E-state index contributed by atoms with van der Waals surface area (Å²) in [5.74, 6) is 0.121. The van der Waals surface area contributed by atoms with E-state index < -0.39 is 0 Å². The molecular formula is C7H13NO2. The van der Waals surface area contributed by atoms with Gasteiger partial charge in [-0.1, -0.05) is 0 Å². The highest BCUT2D eigenvalue weighted by Crippen LogP contribution is 2.09. The Hall–Kier alpha value is -0.570. The summed E-state index contributed by atoms with van der Waals surface area (Å²) in [4.78, 5) is 12.5. The Labute approximate surface area is 61.0 Å². The van der Waals surface area contributed by atoms with Gasteiger partial charge in [0, 0.05) is 20.6 Å². The molecule has 0 saturated carbocycles. The molecule has 0 aromatic carbocycles. The van der Waals surface area contributed by atoms with Crippen LogP contribution in [0.1, 0.15) is 13.3 Å². The van der Waals surface area contributed by atoms with Gasteiger partial charge in [-0.3, -0.25) is 4.79 Å². The normalized spacial score (nSPS) is 24.8. The number of carbonyl (C=O) groups is 1. The Bertz CT molecular complexity index is 130. The fraction of sp³-hybridized carbons (Fsp3) is 0.857. The molecule has 1 rings (SSSR count). The number of amides is 1. The molecule has 0 radical (unpaired) electrons. The summed E-state index contributed by atoms with van der Waals surface area (Å²) in [6, 6.07) is 0.317. The second-order valence-corrected chi connectivity index (χ2v) is 2.65. The predicted molar refractivity (Wildman–Crippen MR) is 37.7 cm³/mol. The highest BCUT2D eigenvalue weighted by molar-refractivity contribution is 5.73. The summed E-state index contributed by atoms with van der Waals surface area (Å²) in [5.41, 5.74) is 0. The predicted octanol–water partition coefficient (Wildman–Crippen LogP) is 0.254. The lowest BCUT2D eigenvalue weighted by atomic mass is 10.2. The maximum absolute atomic E-state index is 10.8. The molecule has 1 unspecified atom stereocenters. The molecular weight excluding hydrogens is 130 g/mol. The first kappa shape index (κ1) is 7.54. The van der Waals surface area contributed by atoms with Gasteiger partial charge in [0.25, 0.3) is 0 Å². The van der Waals surface area contributed by atoms with Gasteiger partial charge >= 0.3 is 0 Å². The van der Waals surface area contributed by atoms with Crippen molar-refractivity contribution >= 4 is 5.91 Å². The lowest BCUT2D eigenvalue weighted by Crippen LogP contribution is -2.35. The highest BCUT2D eigenvalue weighted by Gasteiger charge is 2.21. The summed E-state index contributed by atoms with van der Waals surface area (Å²) in [5, 5.41) is 0. The van der Waals surface area contributed by atoms with Crippen LogP contribution in [0.4, 0.5) is 0 Å². The second kappa shape index (κ2) is 3.01. The van der Waals surface area contributed by atoms with Gasteiger partial charge < -0.3 is 9.64 Å². The third kappa shape index (κ3) is 1.48. The van der Waals surface area contributed by atoms with Crippen molar-refractivity contribution in [3.8, 4) is 0 Å². The number of rotatable bonds is 1. The molecule has 1 amide bonds. The highest BCUT2D eigenvalue weighted by atomic mass is 16.5. The Morgan fingerprint density at radius 2 is 2.40 bits per heavy atom. The van der Waals surface area contributed by atoms with Crippen molar-refractivity contribution in [2.75, 3.05) is 20.3 Å². The fourth-order valence-electron chi connectivity index (χ4n) is 1.08. The molecule has 58 valence electrons. The largest absolute Gasteiger partial charge is 0.379 e. The first-order valence-corrected chi connectivity index (χ1v) is 3.53. The van der Waals surface area contributed by atoms with E-state index in [1.54, 1.807) is 11.8 Å². The third-order valence-electron chi connectivity index (χ3n) is 1.95. The average molecular weight is 143 g/mol. The van der Waals surface area contributed by atoms with Gasteiger partial charge in [0.15, 0.2) is 0 Å². The Morgan fingerprint density at radius 3 is 2.80 bits per heavy atom. The van der Waals surface area contributed by atoms with E-state index in [0.29, 0.717) is 12.6 Å². The van der Waals surface area contributed by atoms with Crippen LogP contribution < -0.4 is 0 Å². The molecule has 0 aromatic heterocycles. The summed E-state index contributed by atoms with van der Waals surface area (Å²) in [6.07, 6.45) is 0.982. The lowest BCUT2D eigenvalue weighted by molar-refractivity contribution is -0.129. The van der Waals surface area contributed by atoms with E-state index >= 15 is 0 Å². The molecule has 1 atom stereocenters. The van der Waals surface area contributed by atoms with Gasteiger partial charge in [0.05, 0.1) is 12.6 Å². The van der Waals surface area contributed by atoms with Gasteiger partial charge in [0.2, 0.25) is 5.91 Å². The molecule has 3 heteroatoms. The molecule has 1 aliphatic rings. The Kier molecular flexibility index (Phi) is 2.27. The summed E-state index contributed by atoms with van der Waals surface area (Å²) >= 11 is 0. The van der Waals surface area contributed by atoms with Gasteiger partial charge in [-0.2, -0.15) is 0 Å². The van der Waals surface area contributed by atoms with Crippen molar-refractivity contribution in [1.82, 2.24) is 4.90 Å². The second-order valence-electron chi connectivity index (χ2n) is 2.65. The monoisotopic (exact) mass is 143 g/mol. The maximum atomic E-state index is 10.8. The molecule has 0 spiro atoms. The van der Waals surface area contributed by atoms with Crippen LogP contribution in [0.15, 0.2) is 0 Å². The van der Waals surface area contributed by atoms with Crippen LogP contribution in [-0.4, -0.2) is 37.1 Å². The van der Waals surface area contributed by atoms with Crippen molar-refractivity contribution < 1.29 is 9.53 Å². The van der Waals surface area contributed by atoms with Crippen molar-refractivity contribution in [1.29, 1.82) is 0 Å². The molecule has 0 aromatic rings. The smallest absolute Gasteiger partial charge is 0.219 e. The number of carbonyl (C=O) groups excluding carboxylic acids is 1. The van der Waals surface area contributed by atoms with E-state index in [0.717, 1.165) is 13.0 Å². The number of ether oxygens (including phenoxy) is 1. The molecule has 1 saturated heterocycles. The molecule has 10 heavy (non-hydrogen) atoms. The molecule has 1 heterocycles. The van der Waals surface area contributed by atoms with E-state index in [4.69, 9.17) is 4.74 Å². The van der Waals surface area contributed by atoms with Crippen molar-refractivity contribution in [2.45, 2.75) is 19.4 Å². The van der Waals surface area contributed by atoms with E-state index in [9.17, 15) is 4.79 Å². The SMILES string of the molecule is CC(=O)N(C)C1CCOC1. The van der Waals surface area contributed by atoms with Crippen LogP contribution in [0.3, 0.4) is 0 Å². The van der Waals surface area contributed by atoms with Crippen LogP contribution in [0.25, 0.3) is 0 Å². The van der Waals surface area contributed by atoms with Crippen LogP contribution in [0.5, 0.6) is 0 Å². The Morgan fingerprint density at radius 1 is 1.70 bits per heavy atom. The summed E-state index contributed by atoms with van der Waals surface area (Å²) in [7, 11) is 1.82. The van der Waals surface area contributed by atoms with E-state index in [1.807, 2.05) is 7.05 Å². The minimum Gasteiger partial charge on any atom is -0.379 e. The van der Waals surface area contributed by atoms with Crippen LogP contribution >= 0.6 is 0 Å². The van der Waals surface area contributed by atoms with Crippen LogP contribution in [0, 0.1) is 0 Å². The molecule has 1 fully saturated rings. The molecule has 3 nitrogen and oxygen atoms in total. The van der Waals surface area contributed by atoms with Gasteiger partial charge in [-0.05, 0) is 6.42 Å². The lowest BCUT2D eigenvalue weighted by Gasteiger charge is -2.20. The number of hydrogen-bond acceptors (Lipinski definition) is 2. The first-order valence-electron chi connectivity index (χ1n) is 3.53. The standard InChI is InChI=1S/C7H13NO2/c1-6(9)8(2)7-3-4-10-5-7/h7H,3-5H2,1-2H3. The number of nitrogens with zero attached hydrogens (tertiary/aromatic N) is 1. The topological polar surface area (TPSA) is 29.5 Å². The van der Waals surface area contributed by atoms with Crippen LogP contribution in [0.2, 0.25) is 0 Å². The third-order valence-corrected chi connectivity index (χ3v) is 1.95. The van der Waals surface area contributed by atoms with Gasteiger partial charge in [-0.15, -0.1) is 0 Å². The minimum atomic E-state index is 0.121. The van der Waals surface area contributed by atoms with E-state index in [2.05, 4.69) is 0 Å². The molecule has 1 aliphatic heterocycles. The first-order chi connectivity index (χ1) is 4.72. The quantitative estimate of drug-likeness (QED) is 0.526. The molecule has 0 aliphatic carbocycles. The zero-order valence-electron chi connectivity index (χ0n) is 6.46. The van der Waals surface area contributed by atoms with Gasteiger partial charge in [0.1, 0.15) is 0 Å².